The smallest absolute Gasteiger partial charge is 0.198 e. The van der Waals surface area contributed by atoms with Gasteiger partial charge in [0.1, 0.15) is 6.33 Å². The minimum atomic E-state index is -1.87. The minimum Gasteiger partial charge on any atom is -0.216 e. The van der Waals surface area contributed by atoms with Crippen LogP contribution in [0.15, 0.2) is 6.33 Å². The summed E-state index contributed by atoms with van der Waals surface area (Å²) in [6.45, 7) is 0. The molecule has 0 amide bonds. The second-order valence-electron chi connectivity index (χ2n) is 3.14. The van der Waals surface area contributed by atoms with Crippen molar-refractivity contribution in [1.82, 2.24) is 15.0 Å². The standard InChI is InChI=1S/C9HF4N3/c10-4-2-3(5(11)7(13)6(4)12)9-15-1-14-8(2)16-9/h1H. The molecule has 0 unspecified atom stereocenters. The molecule has 0 spiro atoms. The lowest BCUT2D eigenvalue weighted by molar-refractivity contribution is 0.412. The van der Waals surface area contributed by atoms with E-state index in [9.17, 15) is 17.6 Å². The van der Waals surface area contributed by atoms with E-state index < -0.39 is 34.4 Å². The van der Waals surface area contributed by atoms with Crippen LogP contribution in [0.3, 0.4) is 0 Å². The van der Waals surface area contributed by atoms with Crippen LogP contribution in [-0.4, -0.2) is 15.0 Å². The second kappa shape index (κ2) is 2.75. The average molecular weight is 227 g/mol. The van der Waals surface area contributed by atoms with Gasteiger partial charge in [-0.15, -0.1) is 0 Å². The Kier molecular flexibility index (Phi) is 1.58. The SMILES string of the molecule is Fc1c(F)c(F)c2c(c1F)-c1ncnc-2n1. The van der Waals surface area contributed by atoms with E-state index >= 15 is 0 Å². The van der Waals surface area contributed by atoms with E-state index in [-0.39, 0.29) is 11.6 Å². The Labute approximate surface area is 85.8 Å². The molecule has 2 aromatic rings. The van der Waals surface area contributed by atoms with E-state index in [1.165, 1.54) is 0 Å². The van der Waals surface area contributed by atoms with Crippen LogP contribution < -0.4 is 0 Å². The highest BCUT2D eigenvalue weighted by Gasteiger charge is 2.33. The summed E-state index contributed by atoms with van der Waals surface area (Å²) in [4.78, 5) is 10.7. The predicted octanol–water partition coefficient (Wildman–Crippen LogP) is 2.08. The monoisotopic (exact) mass is 227 g/mol. The number of fused-ring (bicyclic) bond motifs is 5. The van der Waals surface area contributed by atoms with Gasteiger partial charge in [0, 0.05) is 0 Å². The van der Waals surface area contributed by atoms with Crippen molar-refractivity contribution in [3.63, 3.8) is 0 Å². The number of halogens is 4. The van der Waals surface area contributed by atoms with Crippen molar-refractivity contribution in [3.8, 4) is 22.8 Å². The van der Waals surface area contributed by atoms with Crippen LogP contribution in [0, 0.1) is 23.3 Å². The number of hydrogen-bond acceptors (Lipinski definition) is 3. The molecule has 1 aliphatic rings. The van der Waals surface area contributed by atoms with Gasteiger partial charge in [-0.05, 0) is 0 Å². The Morgan fingerprint density at radius 2 is 1.12 bits per heavy atom. The first-order chi connectivity index (χ1) is 7.61. The van der Waals surface area contributed by atoms with Gasteiger partial charge in [-0.1, -0.05) is 0 Å². The van der Waals surface area contributed by atoms with E-state index in [0.29, 0.717) is 0 Å². The van der Waals surface area contributed by atoms with Gasteiger partial charge in [-0.2, -0.15) is 0 Å². The van der Waals surface area contributed by atoms with Gasteiger partial charge in [0.05, 0.1) is 11.1 Å². The fourth-order valence-electron chi connectivity index (χ4n) is 1.59. The van der Waals surface area contributed by atoms with Crippen molar-refractivity contribution in [2.45, 2.75) is 0 Å². The zero-order valence-electron chi connectivity index (χ0n) is 7.43. The zero-order chi connectivity index (χ0) is 11.4. The molecule has 1 aromatic heterocycles. The second-order valence-corrected chi connectivity index (χ2v) is 3.14. The first-order valence-corrected chi connectivity index (χ1v) is 4.17. The Morgan fingerprint density at radius 3 is 1.56 bits per heavy atom. The lowest BCUT2D eigenvalue weighted by Gasteiger charge is -2.03. The first kappa shape index (κ1) is 9.20. The number of nitrogens with zero attached hydrogens (tertiary/aromatic N) is 3. The largest absolute Gasteiger partial charge is 0.216 e. The number of aromatic nitrogens is 3. The topological polar surface area (TPSA) is 38.7 Å². The van der Waals surface area contributed by atoms with Gasteiger partial charge in [-0.25, -0.2) is 32.5 Å². The summed E-state index contributed by atoms with van der Waals surface area (Å²) >= 11 is 0. The molecule has 0 saturated carbocycles. The summed E-state index contributed by atoms with van der Waals surface area (Å²) in [5.74, 6) is -7.15. The maximum atomic E-state index is 13.4. The van der Waals surface area contributed by atoms with Gasteiger partial charge in [0.2, 0.25) is 0 Å². The van der Waals surface area contributed by atoms with Crippen LogP contribution in [-0.2, 0) is 0 Å². The lowest BCUT2D eigenvalue weighted by Crippen LogP contribution is -2.00. The number of hydrogen-bond donors (Lipinski definition) is 0. The summed E-state index contributed by atoms with van der Waals surface area (Å²) in [6, 6.07) is 0. The van der Waals surface area contributed by atoms with E-state index in [1.807, 2.05) is 0 Å². The van der Waals surface area contributed by atoms with E-state index in [1.54, 1.807) is 0 Å². The predicted molar refractivity (Wildman–Crippen MR) is 44.1 cm³/mol. The van der Waals surface area contributed by atoms with Crippen LogP contribution in [0.25, 0.3) is 22.8 Å². The molecule has 0 saturated heterocycles. The van der Waals surface area contributed by atoms with Crippen LogP contribution in [0.5, 0.6) is 0 Å². The Morgan fingerprint density at radius 1 is 0.688 bits per heavy atom. The summed E-state index contributed by atoms with van der Waals surface area (Å²) in [5, 5.41) is 0. The molecular formula is C9HF4N3. The first-order valence-electron chi connectivity index (χ1n) is 4.17. The Bertz CT molecular complexity index is 576. The molecule has 80 valence electrons. The third-order valence-corrected chi connectivity index (χ3v) is 2.29. The van der Waals surface area contributed by atoms with E-state index in [2.05, 4.69) is 15.0 Å². The van der Waals surface area contributed by atoms with Gasteiger partial charge < -0.3 is 0 Å². The Balaban J connectivity index is 2.52. The van der Waals surface area contributed by atoms with Crippen LogP contribution in [0.4, 0.5) is 17.6 Å². The van der Waals surface area contributed by atoms with Gasteiger partial charge in [0.15, 0.2) is 34.9 Å². The molecule has 16 heavy (non-hydrogen) atoms. The molecular weight excluding hydrogens is 226 g/mol. The highest BCUT2D eigenvalue weighted by Crippen LogP contribution is 2.40. The van der Waals surface area contributed by atoms with Gasteiger partial charge in [0.25, 0.3) is 0 Å². The van der Waals surface area contributed by atoms with E-state index in [0.717, 1.165) is 6.33 Å². The van der Waals surface area contributed by atoms with Crippen molar-refractivity contribution in [2.75, 3.05) is 0 Å². The molecule has 0 radical (unpaired) electrons. The Hall–Kier alpha value is -2.05. The molecule has 2 bridgehead atoms. The van der Waals surface area contributed by atoms with Gasteiger partial charge >= 0.3 is 0 Å². The number of benzene rings is 1. The van der Waals surface area contributed by atoms with E-state index in [4.69, 9.17) is 0 Å². The number of rotatable bonds is 0. The van der Waals surface area contributed by atoms with Crippen LogP contribution in [0.1, 0.15) is 0 Å². The molecule has 0 fully saturated rings. The minimum absolute atomic E-state index is 0.199. The van der Waals surface area contributed by atoms with Crippen molar-refractivity contribution < 1.29 is 17.6 Å². The molecule has 1 aliphatic heterocycles. The van der Waals surface area contributed by atoms with Crippen molar-refractivity contribution in [3.05, 3.63) is 29.6 Å². The third-order valence-electron chi connectivity index (χ3n) is 2.29. The molecule has 3 rings (SSSR count). The van der Waals surface area contributed by atoms with Gasteiger partial charge in [-0.3, -0.25) is 0 Å². The molecule has 0 atom stereocenters. The summed E-state index contributed by atoms with van der Waals surface area (Å²) in [6.07, 6.45) is 1.02. The maximum Gasteiger partial charge on any atom is 0.198 e. The normalized spacial score (nSPS) is 11.8. The molecule has 2 heterocycles. The molecule has 0 N–H and O–H groups in total. The highest BCUT2D eigenvalue weighted by atomic mass is 19.2. The highest BCUT2D eigenvalue weighted by molar-refractivity contribution is 5.83. The van der Waals surface area contributed by atoms with Crippen molar-refractivity contribution in [2.24, 2.45) is 0 Å². The fraction of sp³-hybridized carbons (Fsp3) is 0. The average Bonchev–Trinajstić information content (AvgIpc) is 2.55. The molecule has 7 heteroatoms. The quantitative estimate of drug-likeness (QED) is 0.335. The summed E-state index contributed by atoms with van der Waals surface area (Å²) in [7, 11) is 0. The van der Waals surface area contributed by atoms with Crippen molar-refractivity contribution in [1.29, 1.82) is 0 Å². The molecule has 1 aromatic carbocycles. The molecule has 3 nitrogen and oxygen atoms in total. The third kappa shape index (κ3) is 0.898. The summed E-state index contributed by atoms with van der Waals surface area (Å²) < 4.78 is 52.7. The lowest BCUT2D eigenvalue weighted by atomic mass is 10.1. The van der Waals surface area contributed by atoms with Crippen LogP contribution >= 0.6 is 0 Å². The summed E-state index contributed by atoms with van der Waals surface area (Å²) in [5.41, 5.74) is -0.965. The maximum absolute atomic E-state index is 13.4. The van der Waals surface area contributed by atoms with Crippen LogP contribution in [0.2, 0.25) is 0 Å². The van der Waals surface area contributed by atoms with Crippen molar-refractivity contribution >= 4 is 0 Å². The zero-order valence-corrected chi connectivity index (χ0v) is 7.43. The fourth-order valence-corrected chi connectivity index (χ4v) is 1.59. The molecule has 0 aliphatic carbocycles.